The number of aliphatic carboxylic acids is 1. The van der Waals surface area contributed by atoms with E-state index in [2.05, 4.69) is 16.0 Å². The summed E-state index contributed by atoms with van der Waals surface area (Å²) >= 11 is 1.56. The second kappa shape index (κ2) is 14.6. The van der Waals surface area contributed by atoms with Gasteiger partial charge in [-0.05, 0) is 48.0 Å². The van der Waals surface area contributed by atoms with Gasteiger partial charge >= 0.3 is 5.97 Å². The Kier molecular flexibility index (Phi) is 12.6. The van der Waals surface area contributed by atoms with Crippen molar-refractivity contribution in [2.24, 2.45) is 17.6 Å². The number of thioether (sulfide) groups is 1. The van der Waals surface area contributed by atoms with Crippen LogP contribution in [0.2, 0.25) is 0 Å². The maximum Gasteiger partial charge on any atom is 0.326 e. The predicted octanol–water partition coefficient (Wildman–Crippen LogP) is 0.866. The Hall–Kier alpha value is -2.79. The van der Waals surface area contributed by atoms with E-state index in [1.165, 1.54) is 12.1 Å². The summed E-state index contributed by atoms with van der Waals surface area (Å²) in [5.41, 5.74) is 6.57. The lowest BCUT2D eigenvalue weighted by Gasteiger charge is -2.27. The number of carboxylic acids is 1. The fourth-order valence-corrected chi connectivity index (χ4v) is 3.77. The number of phenols is 1. The van der Waals surface area contributed by atoms with Crippen LogP contribution in [0.5, 0.6) is 5.75 Å². The Bertz CT molecular complexity index is 862. The van der Waals surface area contributed by atoms with Crippen molar-refractivity contribution in [3.63, 3.8) is 0 Å². The third kappa shape index (κ3) is 10.2. The first-order valence-electron chi connectivity index (χ1n) is 11.5. The average Bonchev–Trinajstić information content (AvgIpc) is 2.79. The maximum atomic E-state index is 13.2. The quantitative estimate of drug-likeness (QED) is 0.214. The Labute approximate surface area is 210 Å². The molecule has 0 aliphatic carbocycles. The first-order valence-corrected chi connectivity index (χ1v) is 12.9. The topological polar surface area (TPSA) is 171 Å². The Balaban J connectivity index is 3.10. The molecule has 10 nitrogen and oxygen atoms in total. The number of aromatic hydroxyl groups is 1. The zero-order valence-corrected chi connectivity index (χ0v) is 21.7. The van der Waals surface area contributed by atoms with Gasteiger partial charge in [-0.1, -0.05) is 39.8 Å². The molecule has 0 saturated carbocycles. The molecule has 0 heterocycles. The van der Waals surface area contributed by atoms with Crippen molar-refractivity contribution in [1.82, 2.24) is 16.0 Å². The molecule has 0 aromatic heterocycles. The molecule has 0 fully saturated rings. The fraction of sp³-hybridized carbons (Fsp3) is 0.583. The number of carbonyl (C=O) groups is 4. The molecule has 196 valence electrons. The van der Waals surface area contributed by atoms with Gasteiger partial charge in [0.1, 0.15) is 23.9 Å². The molecule has 3 amide bonds. The lowest BCUT2D eigenvalue weighted by Crippen LogP contribution is -2.59. The molecule has 0 radical (unpaired) electrons. The van der Waals surface area contributed by atoms with Crippen LogP contribution in [0.15, 0.2) is 24.3 Å². The molecule has 35 heavy (non-hydrogen) atoms. The molecule has 0 spiro atoms. The summed E-state index contributed by atoms with van der Waals surface area (Å²) in [4.78, 5) is 50.3. The number of nitrogens with two attached hydrogens (primary N) is 1. The Morgan fingerprint density at radius 3 is 1.91 bits per heavy atom. The molecule has 1 aromatic carbocycles. The van der Waals surface area contributed by atoms with Gasteiger partial charge in [0.15, 0.2) is 0 Å². The molecular weight excluding hydrogens is 472 g/mol. The van der Waals surface area contributed by atoms with E-state index < -0.39 is 47.9 Å². The molecule has 7 N–H and O–H groups in total. The number of carbonyl (C=O) groups excluding carboxylic acids is 3. The highest BCUT2D eigenvalue weighted by Crippen LogP contribution is 2.13. The average molecular weight is 511 g/mol. The van der Waals surface area contributed by atoms with E-state index in [9.17, 15) is 29.4 Å². The predicted molar refractivity (Wildman–Crippen MR) is 136 cm³/mol. The molecule has 0 aliphatic rings. The smallest absolute Gasteiger partial charge is 0.326 e. The van der Waals surface area contributed by atoms with Crippen LogP contribution in [0.4, 0.5) is 0 Å². The van der Waals surface area contributed by atoms with E-state index in [-0.39, 0.29) is 24.0 Å². The van der Waals surface area contributed by atoms with Gasteiger partial charge in [0.05, 0.1) is 6.04 Å². The van der Waals surface area contributed by atoms with Crippen molar-refractivity contribution in [3.05, 3.63) is 29.8 Å². The van der Waals surface area contributed by atoms with Gasteiger partial charge in [-0.2, -0.15) is 11.8 Å². The molecule has 1 rings (SSSR count). The number of hydrogen-bond donors (Lipinski definition) is 6. The minimum absolute atomic E-state index is 0.0462. The number of benzene rings is 1. The van der Waals surface area contributed by atoms with Crippen molar-refractivity contribution in [3.8, 4) is 5.75 Å². The third-order valence-electron chi connectivity index (χ3n) is 5.46. The molecule has 0 bridgehead atoms. The first kappa shape index (κ1) is 30.2. The third-order valence-corrected chi connectivity index (χ3v) is 6.10. The van der Waals surface area contributed by atoms with Crippen LogP contribution in [0, 0.1) is 11.8 Å². The molecule has 4 unspecified atom stereocenters. The van der Waals surface area contributed by atoms with Crippen molar-refractivity contribution in [2.45, 2.75) is 64.7 Å². The van der Waals surface area contributed by atoms with Crippen LogP contribution >= 0.6 is 11.8 Å². The summed E-state index contributed by atoms with van der Waals surface area (Å²) in [5, 5.41) is 26.8. The van der Waals surface area contributed by atoms with E-state index in [4.69, 9.17) is 5.73 Å². The van der Waals surface area contributed by atoms with E-state index in [0.29, 0.717) is 17.7 Å². The minimum atomic E-state index is -1.19. The molecule has 1 aromatic rings. The van der Waals surface area contributed by atoms with Gasteiger partial charge in [0.2, 0.25) is 17.7 Å². The van der Waals surface area contributed by atoms with Crippen LogP contribution in [0.25, 0.3) is 0 Å². The van der Waals surface area contributed by atoms with E-state index in [1.807, 2.05) is 6.26 Å². The normalized spacial score (nSPS) is 14.6. The summed E-state index contributed by atoms with van der Waals surface area (Å²) in [6, 6.07) is 2.14. The van der Waals surface area contributed by atoms with Gasteiger partial charge < -0.3 is 31.9 Å². The maximum absolute atomic E-state index is 13.2. The zero-order valence-electron chi connectivity index (χ0n) is 20.9. The number of phenolic OH excluding ortho intramolecular Hbond substituents is 1. The molecular formula is C24H38N4O6S. The van der Waals surface area contributed by atoms with Gasteiger partial charge in [-0.25, -0.2) is 4.79 Å². The van der Waals surface area contributed by atoms with Crippen molar-refractivity contribution < 1.29 is 29.4 Å². The van der Waals surface area contributed by atoms with Gasteiger partial charge in [0, 0.05) is 6.42 Å². The van der Waals surface area contributed by atoms with Crippen LogP contribution < -0.4 is 21.7 Å². The Morgan fingerprint density at radius 1 is 0.886 bits per heavy atom. The van der Waals surface area contributed by atoms with Crippen molar-refractivity contribution in [2.75, 3.05) is 12.0 Å². The van der Waals surface area contributed by atoms with Crippen LogP contribution in [0.3, 0.4) is 0 Å². The minimum Gasteiger partial charge on any atom is -0.508 e. The Morgan fingerprint density at radius 2 is 1.43 bits per heavy atom. The number of nitrogens with one attached hydrogen (secondary N) is 3. The molecule has 0 aliphatic heterocycles. The number of amides is 3. The van der Waals surface area contributed by atoms with Crippen molar-refractivity contribution in [1.29, 1.82) is 0 Å². The highest BCUT2D eigenvalue weighted by molar-refractivity contribution is 7.98. The lowest BCUT2D eigenvalue weighted by atomic mass is 9.99. The number of hydrogen-bond acceptors (Lipinski definition) is 7. The number of rotatable bonds is 14. The monoisotopic (exact) mass is 510 g/mol. The van der Waals surface area contributed by atoms with E-state index >= 15 is 0 Å². The van der Waals surface area contributed by atoms with Crippen LogP contribution in [-0.4, -0.2) is 70.1 Å². The zero-order chi connectivity index (χ0) is 26.7. The van der Waals surface area contributed by atoms with Gasteiger partial charge in [0.25, 0.3) is 0 Å². The first-order chi connectivity index (χ1) is 16.4. The lowest BCUT2D eigenvalue weighted by molar-refractivity contribution is -0.143. The molecule has 4 atom stereocenters. The summed E-state index contributed by atoms with van der Waals surface area (Å²) in [6.45, 7) is 6.84. The van der Waals surface area contributed by atoms with E-state index in [0.717, 1.165) is 0 Å². The molecule has 11 heteroatoms. The fourth-order valence-electron chi connectivity index (χ4n) is 3.28. The summed E-state index contributed by atoms with van der Waals surface area (Å²) in [7, 11) is 0. The standard InChI is InChI=1S/C24H38N4O6S/c1-13(2)19(27-21(30)17(25)10-11-35-5)23(32)26-18(12-15-6-8-16(29)9-7-15)22(31)28-20(14(3)4)24(33)34/h6-9,13-14,17-20,29H,10-12,25H2,1-5H3,(H,26,32)(H,27,30)(H,28,31)(H,33,34). The number of carboxylic acid groups (broad SMARTS) is 1. The summed E-state index contributed by atoms with van der Waals surface area (Å²) in [6.07, 6.45) is 2.41. The van der Waals surface area contributed by atoms with Crippen LogP contribution in [-0.2, 0) is 25.6 Å². The van der Waals surface area contributed by atoms with Crippen molar-refractivity contribution >= 4 is 35.5 Å². The van der Waals surface area contributed by atoms with Gasteiger partial charge in [-0.15, -0.1) is 0 Å². The molecule has 0 saturated heterocycles. The van der Waals surface area contributed by atoms with E-state index in [1.54, 1.807) is 51.6 Å². The van der Waals surface area contributed by atoms with Gasteiger partial charge in [-0.3, -0.25) is 14.4 Å². The summed E-state index contributed by atoms with van der Waals surface area (Å²) < 4.78 is 0. The van der Waals surface area contributed by atoms with Crippen LogP contribution in [0.1, 0.15) is 39.7 Å². The SMILES string of the molecule is CSCCC(N)C(=O)NC(C(=O)NC(Cc1ccc(O)cc1)C(=O)NC(C(=O)O)C(C)C)C(C)C. The highest BCUT2D eigenvalue weighted by Gasteiger charge is 2.32. The second-order valence-electron chi connectivity index (χ2n) is 9.12. The largest absolute Gasteiger partial charge is 0.508 e. The second-order valence-corrected chi connectivity index (χ2v) is 10.1. The summed E-state index contributed by atoms with van der Waals surface area (Å²) in [5.74, 6) is -2.84. The highest BCUT2D eigenvalue weighted by atomic mass is 32.2.